The normalized spacial score (nSPS) is 22.9. The van der Waals surface area contributed by atoms with Gasteiger partial charge in [0.2, 0.25) is 0 Å². The molecule has 2 rings (SSSR count). The van der Waals surface area contributed by atoms with E-state index in [4.69, 9.17) is 11.6 Å². The van der Waals surface area contributed by atoms with E-state index < -0.39 is 0 Å². The number of piperazine rings is 1. The third-order valence-corrected chi connectivity index (χ3v) is 4.55. The zero-order chi connectivity index (χ0) is 14.5. The first kappa shape index (κ1) is 15.8. The van der Waals surface area contributed by atoms with Gasteiger partial charge in [-0.25, -0.2) is 0 Å². The van der Waals surface area contributed by atoms with Gasteiger partial charge >= 0.3 is 0 Å². The van der Waals surface area contributed by atoms with Crippen molar-refractivity contribution < 1.29 is 0 Å². The van der Waals surface area contributed by atoms with Gasteiger partial charge in [0.15, 0.2) is 0 Å². The zero-order valence-corrected chi connectivity index (χ0v) is 13.5. The minimum Gasteiger partial charge on any atom is -0.313 e. The largest absolute Gasteiger partial charge is 0.313 e. The van der Waals surface area contributed by atoms with Crippen LogP contribution in [0.3, 0.4) is 0 Å². The van der Waals surface area contributed by atoms with Crippen LogP contribution in [-0.4, -0.2) is 56.1 Å². The van der Waals surface area contributed by atoms with Gasteiger partial charge in [-0.2, -0.15) is 0 Å². The summed E-state index contributed by atoms with van der Waals surface area (Å²) in [6.07, 6.45) is 1.13. The predicted octanol–water partition coefficient (Wildman–Crippen LogP) is 2.63. The van der Waals surface area contributed by atoms with E-state index in [1.54, 1.807) is 0 Å². The molecule has 0 spiro atoms. The molecule has 1 fully saturated rings. The second-order valence-corrected chi connectivity index (χ2v) is 6.27. The zero-order valence-electron chi connectivity index (χ0n) is 12.8. The third kappa shape index (κ3) is 4.19. The average Bonchev–Trinajstić information content (AvgIpc) is 2.43. The molecule has 0 aromatic heterocycles. The number of nitrogens with one attached hydrogen (secondary N) is 1. The highest BCUT2D eigenvalue weighted by Crippen LogP contribution is 2.20. The Bertz CT molecular complexity index is 407. The van der Waals surface area contributed by atoms with Crippen molar-refractivity contribution >= 4 is 11.6 Å². The maximum atomic E-state index is 5.96. The second kappa shape index (κ2) is 7.41. The molecule has 0 radical (unpaired) electrons. The number of likely N-dealkylation sites (N-methyl/N-ethyl adjacent to an activating group) is 1. The summed E-state index contributed by atoms with van der Waals surface area (Å²) in [4.78, 5) is 5.01. The molecule has 0 aliphatic carbocycles. The molecule has 1 saturated heterocycles. The fraction of sp³-hybridized carbons (Fsp3) is 0.625. The number of benzene rings is 1. The van der Waals surface area contributed by atoms with E-state index in [2.05, 4.69) is 41.2 Å². The molecule has 1 N–H and O–H groups in total. The Morgan fingerprint density at radius 1 is 1.30 bits per heavy atom. The van der Waals surface area contributed by atoms with Gasteiger partial charge in [-0.1, -0.05) is 23.7 Å². The van der Waals surface area contributed by atoms with Gasteiger partial charge in [-0.05, 0) is 45.1 Å². The molecule has 112 valence electrons. The topological polar surface area (TPSA) is 18.5 Å². The Kier molecular flexibility index (Phi) is 5.85. The lowest BCUT2D eigenvalue weighted by Gasteiger charge is -2.38. The fourth-order valence-electron chi connectivity index (χ4n) is 2.98. The van der Waals surface area contributed by atoms with Crippen LogP contribution in [0.2, 0.25) is 5.02 Å². The van der Waals surface area contributed by atoms with Crippen LogP contribution in [0.1, 0.15) is 24.9 Å². The highest BCUT2D eigenvalue weighted by Gasteiger charge is 2.22. The van der Waals surface area contributed by atoms with E-state index in [-0.39, 0.29) is 0 Å². The van der Waals surface area contributed by atoms with E-state index >= 15 is 0 Å². The quantitative estimate of drug-likeness (QED) is 0.901. The number of hydrogen-bond donors (Lipinski definition) is 1. The number of nitrogens with zero attached hydrogens (tertiary/aromatic N) is 2. The Morgan fingerprint density at radius 2 is 2.00 bits per heavy atom. The monoisotopic (exact) mass is 295 g/mol. The van der Waals surface area contributed by atoms with E-state index in [1.807, 2.05) is 19.2 Å². The number of halogens is 1. The first-order valence-corrected chi connectivity index (χ1v) is 7.83. The molecule has 1 aromatic rings. The molecule has 1 aliphatic rings. The van der Waals surface area contributed by atoms with Crippen LogP contribution in [-0.2, 0) is 0 Å². The SMILES string of the molecule is CNC(CCN1CCN(C)CC1C)c1ccc(Cl)cc1. The predicted molar refractivity (Wildman–Crippen MR) is 86.4 cm³/mol. The summed E-state index contributed by atoms with van der Waals surface area (Å²) in [5.41, 5.74) is 1.32. The van der Waals surface area contributed by atoms with Crippen LogP contribution in [0.5, 0.6) is 0 Å². The van der Waals surface area contributed by atoms with Crippen LogP contribution in [0.25, 0.3) is 0 Å². The standard InChI is InChI=1S/C16H26ClN3/c1-13-12-19(3)10-11-20(13)9-8-16(18-2)14-4-6-15(17)7-5-14/h4-7,13,16,18H,8-12H2,1-3H3. The summed E-state index contributed by atoms with van der Waals surface area (Å²) in [5, 5.41) is 4.22. The summed E-state index contributed by atoms with van der Waals surface area (Å²) in [6, 6.07) is 9.24. The highest BCUT2D eigenvalue weighted by molar-refractivity contribution is 6.30. The molecule has 1 aliphatic heterocycles. The van der Waals surface area contributed by atoms with Gasteiger partial charge in [0.25, 0.3) is 0 Å². The maximum absolute atomic E-state index is 5.96. The lowest BCUT2D eigenvalue weighted by Crippen LogP contribution is -2.50. The van der Waals surface area contributed by atoms with Crippen molar-refractivity contribution in [1.29, 1.82) is 0 Å². The van der Waals surface area contributed by atoms with Gasteiger partial charge < -0.3 is 10.2 Å². The van der Waals surface area contributed by atoms with Crippen molar-refractivity contribution in [3.8, 4) is 0 Å². The summed E-state index contributed by atoms with van der Waals surface area (Å²) < 4.78 is 0. The summed E-state index contributed by atoms with van der Waals surface area (Å²) in [5.74, 6) is 0. The van der Waals surface area contributed by atoms with Crippen LogP contribution in [0.4, 0.5) is 0 Å². The van der Waals surface area contributed by atoms with Crippen LogP contribution < -0.4 is 5.32 Å². The fourth-order valence-corrected chi connectivity index (χ4v) is 3.10. The van der Waals surface area contributed by atoms with Gasteiger partial charge in [-0.3, -0.25) is 4.90 Å². The van der Waals surface area contributed by atoms with E-state index in [9.17, 15) is 0 Å². The van der Waals surface area contributed by atoms with Crippen molar-refractivity contribution in [3.63, 3.8) is 0 Å². The number of rotatable bonds is 5. The molecule has 4 heteroatoms. The summed E-state index contributed by atoms with van der Waals surface area (Å²) in [6.45, 7) is 6.99. The number of hydrogen-bond acceptors (Lipinski definition) is 3. The van der Waals surface area contributed by atoms with Crippen molar-refractivity contribution in [2.24, 2.45) is 0 Å². The molecule has 0 amide bonds. The Morgan fingerprint density at radius 3 is 2.60 bits per heavy atom. The molecule has 0 saturated carbocycles. The minimum atomic E-state index is 0.402. The van der Waals surface area contributed by atoms with Gasteiger partial charge in [-0.15, -0.1) is 0 Å². The Labute approximate surface area is 127 Å². The lowest BCUT2D eigenvalue weighted by molar-refractivity contribution is 0.0963. The average molecular weight is 296 g/mol. The molecule has 3 nitrogen and oxygen atoms in total. The molecule has 1 aromatic carbocycles. The van der Waals surface area contributed by atoms with E-state index in [0.717, 1.165) is 18.0 Å². The van der Waals surface area contributed by atoms with Crippen LogP contribution in [0, 0.1) is 0 Å². The molecular formula is C16H26ClN3. The van der Waals surface area contributed by atoms with Crippen molar-refractivity contribution in [2.75, 3.05) is 40.3 Å². The van der Waals surface area contributed by atoms with Crippen LogP contribution in [0.15, 0.2) is 24.3 Å². The smallest absolute Gasteiger partial charge is 0.0406 e. The maximum Gasteiger partial charge on any atom is 0.0406 e. The molecule has 2 atom stereocenters. The van der Waals surface area contributed by atoms with Gasteiger partial charge in [0.1, 0.15) is 0 Å². The molecule has 1 heterocycles. The van der Waals surface area contributed by atoms with E-state index in [0.29, 0.717) is 12.1 Å². The van der Waals surface area contributed by atoms with Gasteiger partial charge in [0.05, 0.1) is 0 Å². The minimum absolute atomic E-state index is 0.402. The van der Waals surface area contributed by atoms with Gasteiger partial charge in [0, 0.05) is 43.3 Å². The Hall–Kier alpha value is -0.610. The Balaban J connectivity index is 1.89. The summed E-state index contributed by atoms with van der Waals surface area (Å²) >= 11 is 5.96. The van der Waals surface area contributed by atoms with Crippen molar-refractivity contribution in [2.45, 2.75) is 25.4 Å². The van der Waals surface area contributed by atoms with Crippen LogP contribution >= 0.6 is 11.6 Å². The van der Waals surface area contributed by atoms with Crippen molar-refractivity contribution in [3.05, 3.63) is 34.9 Å². The molecule has 20 heavy (non-hydrogen) atoms. The third-order valence-electron chi connectivity index (χ3n) is 4.29. The molecular weight excluding hydrogens is 270 g/mol. The first-order chi connectivity index (χ1) is 9.60. The molecule has 2 unspecified atom stereocenters. The highest BCUT2D eigenvalue weighted by atomic mass is 35.5. The first-order valence-electron chi connectivity index (χ1n) is 7.45. The lowest BCUT2D eigenvalue weighted by atomic mass is 10.0. The summed E-state index contributed by atoms with van der Waals surface area (Å²) in [7, 11) is 4.24. The van der Waals surface area contributed by atoms with E-state index in [1.165, 1.54) is 25.2 Å². The second-order valence-electron chi connectivity index (χ2n) is 5.83. The molecule has 0 bridgehead atoms. The van der Waals surface area contributed by atoms with Crippen molar-refractivity contribution in [1.82, 2.24) is 15.1 Å².